The van der Waals surface area contributed by atoms with Gasteiger partial charge in [-0.25, -0.2) is 0 Å². The molecular formula is C26H40N4O3S. The van der Waals surface area contributed by atoms with Crippen molar-refractivity contribution >= 4 is 11.8 Å². The Morgan fingerprint density at radius 1 is 1.00 bits per heavy atom. The Hall–Kier alpha value is -1.35. The van der Waals surface area contributed by atoms with Crippen molar-refractivity contribution in [2.45, 2.75) is 94.7 Å². The fourth-order valence-corrected chi connectivity index (χ4v) is 6.86. The predicted octanol–water partition coefficient (Wildman–Crippen LogP) is 5.25. The third-order valence-corrected chi connectivity index (χ3v) is 8.86. The minimum absolute atomic E-state index is 0.309. The molecule has 2 aromatic rings. The van der Waals surface area contributed by atoms with Crippen LogP contribution in [0.25, 0.3) is 0 Å². The molecule has 0 N–H and O–H groups in total. The van der Waals surface area contributed by atoms with Crippen LogP contribution in [0.15, 0.2) is 21.7 Å². The molecule has 1 saturated carbocycles. The molecule has 0 unspecified atom stereocenters. The first-order valence-electron chi connectivity index (χ1n) is 13.2. The topological polar surface area (TPSA) is 65.5 Å². The lowest BCUT2D eigenvalue weighted by Gasteiger charge is -2.31. The highest BCUT2D eigenvalue weighted by Gasteiger charge is 2.29. The second-order valence-corrected chi connectivity index (χ2v) is 11.2. The molecule has 5 rings (SSSR count). The number of likely N-dealkylation sites (tertiary alicyclic amines) is 1. The number of rotatable bonds is 10. The lowest BCUT2D eigenvalue weighted by Crippen LogP contribution is -2.33. The molecule has 0 aromatic carbocycles. The van der Waals surface area contributed by atoms with Gasteiger partial charge in [0.15, 0.2) is 5.16 Å². The number of aromatic nitrogens is 3. The van der Waals surface area contributed by atoms with E-state index in [0.717, 1.165) is 74.6 Å². The average molecular weight is 489 g/mol. The highest BCUT2D eigenvalue weighted by atomic mass is 32.2. The van der Waals surface area contributed by atoms with Crippen LogP contribution in [0.3, 0.4) is 0 Å². The fourth-order valence-electron chi connectivity index (χ4n) is 5.72. The second kappa shape index (κ2) is 12.1. The molecule has 7 nitrogen and oxygen atoms in total. The van der Waals surface area contributed by atoms with Gasteiger partial charge in [-0.05, 0) is 69.7 Å². The van der Waals surface area contributed by atoms with Crippen molar-refractivity contribution in [3.8, 4) is 0 Å². The van der Waals surface area contributed by atoms with E-state index in [2.05, 4.69) is 15.5 Å². The summed E-state index contributed by atoms with van der Waals surface area (Å²) in [6.07, 6.45) is 11.8. The van der Waals surface area contributed by atoms with Crippen molar-refractivity contribution in [1.82, 2.24) is 19.7 Å². The largest absolute Gasteiger partial charge is 0.462 e. The first-order valence-corrected chi connectivity index (χ1v) is 14.2. The second-order valence-electron chi connectivity index (χ2n) is 10.3. The van der Waals surface area contributed by atoms with Crippen LogP contribution in [-0.4, -0.2) is 58.3 Å². The number of nitrogens with zero attached hydrogens (tertiary/aromatic N) is 4. The molecule has 2 aliphatic heterocycles. The highest BCUT2D eigenvalue weighted by molar-refractivity contribution is 7.99. The third kappa shape index (κ3) is 6.25. The molecule has 34 heavy (non-hydrogen) atoms. The maximum Gasteiger partial charge on any atom is 0.191 e. The van der Waals surface area contributed by atoms with Crippen LogP contribution in [0, 0.1) is 5.92 Å². The Morgan fingerprint density at radius 2 is 1.82 bits per heavy atom. The lowest BCUT2D eigenvalue weighted by molar-refractivity contribution is 0.0930. The van der Waals surface area contributed by atoms with E-state index in [9.17, 15) is 0 Å². The van der Waals surface area contributed by atoms with Crippen LogP contribution < -0.4 is 0 Å². The molecule has 0 spiro atoms. The highest BCUT2D eigenvalue weighted by Crippen LogP contribution is 2.34. The Labute approximate surface area is 208 Å². The first-order chi connectivity index (χ1) is 16.8. The Morgan fingerprint density at radius 3 is 2.59 bits per heavy atom. The van der Waals surface area contributed by atoms with Crippen LogP contribution in [0.2, 0.25) is 0 Å². The smallest absolute Gasteiger partial charge is 0.191 e. The molecule has 8 heteroatoms. The molecule has 2 aromatic heterocycles. The summed E-state index contributed by atoms with van der Waals surface area (Å²) in [4.78, 5) is 2.49. The third-order valence-electron chi connectivity index (χ3n) is 7.66. The van der Waals surface area contributed by atoms with E-state index in [0.29, 0.717) is 18.6 Å². The van der Waals surface area contributed by atoms with Crippen LogP contribution in [0.1, 0.15) is 81.1 Å². The van der Waals surface area contributed by atoms with Gasteiger partial charge in [-0.1, -0.05) is 31.0 Å². The summed E-state index contributed by atoms with van der Waals surface area (Å²) in [7, 11) is 1.70. The number of piperidine rings is 1. The quantitative estimate of drug-likeness (QED) is 0.423. The van der Waals surface area contributed by atoms with Gasteiger partial charge in [0.2, 0.25) is 0 Å². The van der Waals surface area contributed by atoms with Crippen LogP contribution in [0.5, 0.6) is 0 Å². The normalized spacial score (nSPS) is 23.1. The molecule has 3 aliphatic rings. The maximum absolute atomic E-state index is 6.01. The molecule has 3 fully saturated rings. The molecule has 188 valence electrons. The van der Waals surface area contributed by atoms with Gasteiger partial charge < -0.3 is 18.5 Å². The van der Waals surface area contributed by atoms with Crippen LogP contribution >= 0.6 is 11.8 Å². The number of hydrogen-bond acceptors (Lipinski definition) is 7. The van der Waals surface area contributed by atoms with Gasteiger partial charge in [-0.15, -0.1) is 10.2 Å². The van der Waals surface area contributed by atoms with E-state index >= 15 is 0 Å². The van der Waals surface area contributed by atoms with Crippen molar-refractivity contribution in [3.05, 3.63) is 29.5 Å². The monoisotopic (exact) mass is 488 g/mol. The number of furan rings is 1. The molecule has 1 atom stereocenters. The summed E-state index contributed by atoms with van der Waals surface area (Å²) in [6.45, 7) is 5.31. The molecular weight excluding hydrogens is 448 g/mol. The van der Waals surface area contributed by atoms with E-state index < -0.39 is 0 Å². The minimum Gasteiger partial charge on any atom is -0.462 e. The fraction of sp³-hybridized carbons (Fsp3) is 0.769. The Bertz CT molecular complexity index is 880. The van der Waals surface area contributed by atoms with Gasteiger partial charge >= 0.3 is 0 Å². The predicted molar refractivity (Wildman–Crippen MR) is 133 cm³/mol. The Balaban J connectivity index is 1.20. The van der Waals surface area contributed by atoms with Crippen molar-refractivity contribution in [1.29, 1.82) is 0 Å². The summed E-state index contributed by atoms with van der Waals surface area (Å²) in [5.74, 6) is 5.58. The van der Waals surface area contributed by atoms with Gasteiger partial charge in [0.05, 0.1) is 19.2 Å². The standard InChI is InChI=1S/C26H40N4O3S/c1-31-18-24-10-9-23(33-24)16-29-13-11-21(12-14-29)25-27-28-26(30(25)17-22-8-5-15-32-22)34-19-20-6-3-2-4-7-20/h9-10,20-22H,2-8,11-19H2,1H3/t22-/m1/s1. The zero-order chi connectivity index (χ0) is 23.2. The van der Waals surface area contributed by atoms with Crippen molar-refractivity contribution in [2.24, 2.45) is 5.92 Å². The summed E-state index contributed by atoms with van der Waals surface area (Å²) in [5, 5.41) is 10.6. The van der Waals surface area contributed by atoms with E-state index in [1.165, 1.54) is 50.1 Å². The van der Waals surface area contributed by atoms with E-state index in [1.54, 1.807) is 7.11 Å². The molecule has 0 amide bonds. The molecule has 1 aliphatic carbocycles. The summed E-state index contributed by atoms with van der Waals surface area (Å²) in [6, 6.07) is 4.10. The van der Waals surface area contributed by atoms with Gasteiger partial charge in [0.1, 0.15) is 24.0 Å². The molecule has 0 radical (unpaired) electrons. The zero-order valence-corrected chi connectivity index (χ0v) is 21.4. The van der Waals surface area contributed by atoms with E-state index in [-0.39, 0.29) is 0 Å². The summed E-state index contributed by atoms with van der Waals surface area (Å²) >= 11 is 1.93. The van der Waals surface area contributed by atoms with Gasteiger partial charge in [0.25, 0.3) is 0 Å². The summed E-state index contributed by atoms with van der Waals surface area (Å²) in [5.41, 5.74) is 0. The number of thioether (sulfide) groups is 1. The van der Waals surface area contributed by atoms with Crippen molar-refractivity contribution in [2.75, 3.05) is 32.6 Å². The maximum atomic E-state index is 6.01. The van der Waals surface area contributed by atoms with Gasteiger partial charge in [-0.2, -0.15) is 0 Å². The van der Waals surface area contributed by atoms with Crippen molar-refractivity contribution < 1.29 is 13.9 Å². The molecule has 0 bridgehead atoms. The van der Waals surface area contributed by atoms with Gasteiger partial charge in [0, 0.05) is 25.4 Å². The Kier molecular flexibility index (Phi) is 8.64. The van der Waals surface area contributed by atoms with E-state index in [4.69, 9.17) is 24.1 Å². The zero-order valence-electron chi connectivity index (χ0n) is 20.6. The minimum atomic E-state index is 0.309. The number of ether oxygens (including phenoxy) is 2. The van der Waals surface area contributed by atoms with Crippen molar-refractivity contribution in [3.63, 3.8) is 0 Å². The van der Waals surface area contributed by atoms with Crippen LogP contribution in [0.4, 0.5) is 0 Å². The lowest BCUT2D eigenvalue weighted by atomic mass is 9.91. The number of methoxy groups -OCH3 is 1. The first kappa shape index (κ1) is 24.3. The molecule has 4 heterocycles. The molecule has 2 saturated heterocycles. The number of hydrogen-bond donors (Lipinski definition) is 0. The SMILES string of the molecule is COCc1ccc(CN2CCC(c3nnc(SCC4CCCCC4)n3C[C@H]3CCCO3)CC2)o1. The average Bonchev–Trinajstić information content (AvgIpc) is 3.62. The summed E-state index contributed by atoms with van der Waals surface area (Å²) < 4.78 is 19.5. The van der Waals surface area contributed by atoms with Gasteiger partial charge in [-0.3, -0.25) is 4.90 Å². The van der Waals surface area contributed by atoms with E-state index in [1.807, 2.05) is 17.8 Å². The van der Waals surface area contributed by atoms with Crippen LogP contribution in [-0.2, 0) is 29.2 Å².